The topological polar surface area (TPSA) is 34.1 Å². The normalized spacial score (nSPS) is 10.6. The summed E-state index contributed by atoms with van der Waals surface area (Å²) in [6.45, 7) is 3.76. The first kappa shape index (κ1) is 12.9. The Kier molecular flexibility index (Phi) is 7.70. The maximum absolute atomic E-state index is 10.8. The quantitative estimate of drug-likeness (QED) is 0.669. The molecule has 0 amide bonds. The van der Waals surface area contributed by atoms with Crippen molar-refractivity contribution >= 4 is 22.2 Å². The van der Waals surface area contributed by atoms with E-state index in [9.17, 15) is 8.42 Å². The van der Waals surface area contributed by atoms with E-state index in [4.69, 9.17) is 0 Å². The van der Waals surface area contributed by atoms with Gasteiger partial charge in [-0.05, 0) is 12.8 Å². The van der Waals surface area contributed by atoms with E-state index in [2.05, 4.69) is 0 Å². The van der Waals surface area contributed by atoms with E-state index in [1.54, 1.807) is 0 Å². The van der Waals surface area contributed by atoms with Gasteiger partial charge in [0, 0.05) is 11.5 Å². The first-order valence-corrected chi connectivity index (χ1v) is 5.15. The third-order valence-corrected chi connectivity index (χ3v) is 3.09. The summed E-state index contributed by atoms with van der Waals surface area (Å²) in [4.78, 5) is 0. The lowest BCUT2D eigenvalue weighted by Gasteiger charge is -1.96. The van der Waals surface area contributed by atoms with E-state index < -0.39 is 9.84 Å². The largest absolute Gasteiger partial charge is 0.229 e. The third kappa shape index (κ3) is 6.36. The molecule has 0 radical (unpaired) electrons. The zero-order valence-electron chi connectivity index (χ0n) is 6.46. The van der Waals surface area contributed by atoms with Crippen LogP contribution in [0, 0.1) is 0 Å². The Bertz CT molecular complexity index is 139. The van der Waals surface area contributed by atoms with Gasteiger partial charge in [0.15, 0.2) is 0 Å². The number of hydrogen-bond acceptors (Lipinski definition) is 2. The predicted octanol–water partition coefficient (Wildman–Crippen LogP) is 1.64. The monoisotopic (exact) mass is 186 g/mol. The second kappa shape index (κ2) is 5.98. The summed E-state index contributed by atoms with van der Waals surface area (Å²) in [6, 6.07) is 0. The lowest BCUT2D eigenvalue weighted by molar-refractivity contribution is 0.593. The molecule has 0 spiro atoms. The average Bonchev–Trinajstić information content (AvgIpc) is 1.64. The molecule has 4 heteroatoms. The average molecular weight is 187 g/mol. The molecule has 0 N–H and O–H groups in total. The van der Waals surface area contributed by atoms with Crippen molar-refractivity contribution in [3.8, 4) is 0 Å². The zero-order valence-corrected chi connectivity index (χ0v) is 8.09. The third-order valence-electron chi connectivity index (χ3n) is 1.03. The highest BCUT2D eigenvalue weighted by Gasteiger charge is 2.05. The van der Waals surface area contributed by atoms with Gasteiger partial charge in [0.1, 0.15) is 9.84 Å². The molecule has 0 heterocycles. The highest BCUT2D eigenvalue weighted by Crippen LogP contribution is 1.94. The van der Waals surface area contributed by atoms with Crippen molar-refractivity contribution in [1.29, 1.82) is 0 Å². The van der Waals surface area contributed by atoms with Crippen molar-refractivity contribution in [2.75, 3.05) is 11.5 Å². The summed E-state index contributed by atoms with van der Waals surface area (Å²) in [5.41, 5.74) is 0. The van der Waals surface area contributed by atoms with Crippen molar-refractivity contribution in [3.63, 3.8) is 0 Å². The fraction of sp³-hybridized carbons (Fsp3) is 1.00. The van der Waals surface area contributed by atoms with Crippen LogP contribution in [0.1, 0.15) is 26.7 Å². The summed E-state index contributed by atoms with van der Waals surface area (Å²) >= 11 is 0. The van der Waals surface area contributed by atoms with Gasteiger partial charge in [-0.15, -0.1) is 12.4 Å². The van der Waals surface area contributed by atoms with Gasteiger partial charge >= 0.3 is 0 Å². The second-order valence-electron chi connectivity index (χ2n) is 2.15. The summed E-state index contributed by atoms with van der Waals surface area (Å²) in [7, 11) is -2.68. The fourth-order valence-electron chi connectivity index (χ4n) is 0.724. The molecule has 2 nitrogen and oxygen atoms in total. The smallest absolute Gasteiger partial charge is 0.150 e. The van der Waals surface area contributed by atoms with E-state index in [1.807, 2.05) is 13.8 Å². The van der Waals surface area contributed by atoms with Gasteiger partial charge in [0.2, 0.25) is 0 Å². The maximum atomic E-state index is 10.8. The van der Waals surface area contributed by atoms with E-state index in [1.165, 1.54) is 0 Å². The van der Waals surface area contributed by atoms with Crippen LogP contribution in [-0.2, 0) is 9.84 Å². The molecule has 0 bridgehead atoms. The number of sulfone groups is 1. The van der Waals surface area contributed by atoms with Crippen LogP contribution < -0.4 is 0 Å². The second-order valence-corrected chi connectivity index (χ2v) is 4.46. The first-order chi connectivity index (χ1) is 4.12. The van der Waals surface area contributed by atoms with Crippen molar-refractivity contribution in [2.24, 2.45) is 0 Å². The molecule has 64 valence electrons. The van der Waals surface area contributed by atoms with Crippen molar-refractivity contribution in [1.82, 2.24) is 0 Å². The minimum atomic E-state index is -2.68. The van der Waals surface area contributed by atoms with Crippen molar-refractivity contribution < 1.29 is 8.42 Å². The molecule has 0 unspecified atom stereocenters. The summed E-state index contributed by atoms with van der Waals surface area (Å²) in [5, 5.41) is 0. The predicted molar refractivity (Wildman–Crippen MR) is 46.5 cm³/mol. The first-order valence-electron chi connectivity index (χ1n) is 3.32. The lowest BCUT2D eigenvalue weighted by atomic mass is 10.6. The molecular weight excluding hydrogens is 172 g/mol. The fourth-order valence-corrected chi connectivity index (χ4v) is 2.17. The minimum absolute atomic E-state index is 0. The van der Waals surface area contributed by atoms with Gasteiger partial charge in [-0.25, -0.2) is 8.42 Å². The summed E-state index contributed by atoms with van der Waals surface area (Å²) < 4.78 is 21.7. The summed E-state index contributed by atoms with van der Waals surface area (Å²) in [5.74, 6) is 0.696. The molecule has 0 atom stereocenters. The lowest BCUT2D eigenvalue weighted by Crippen LogP contribution is -2.08. The Morgan fingerprint density at radius 1 is 1.00 bits per heavy atom. The van der Waals surface area contributed by atoms with Crippen LogP contribution in [0.4, 0.5) is 0 Å². The number of hydrogen-bond donors (Lipinski definition) is 0. The van der Waals surface area contributed by atoms with Crippen molar-refractivity contribution in [2.45, 2.75) is 26.7 Å². The number of rotatable bonds is 4. The Morgan fingerprint density at radius 2 is 1.30 bits per heavy atom. The van der Waals surface area contributed by atoms with Crippen LogP contribution in [0.15, 0.2) is 0 Å². The highest BCUT2D eigenvalue weighted by molar-refractivity contribution is 7.91. The van der Waals surface area contributed by atoms with Crippen LogP contribution in [0.3, 0.4) is 0 Å². The SMILES string of the molecule is CCCS(=O)(=O)CCC.Cl. The van der Waals surface area contributed by atoms with Gasteiger partial charge in [-0.1, -0.05) is 13.8 Å². The standard InChI is InChI=1S/C6H14O2S.ClH/c1-3-5-9(7,8)6-4-2;/h3-6H2,1-2H3;1H. The Morgan fingerprint density at radius 3 is 1.50 bits per heavy atom. The molecule has 0 aliphatic carbocycles. The van der Waals surface area contributed by atoms with Crippen molar-refractivity contribution in [3.05, 3.63) is 0 Å². The molecule has 0 saturated heterocycles. The van der Waals surface area contributed by atoms with Crippen LogP contribution in [0.2, 0.25) is 0 Å². The molecular formula is C6H15ClO2S. The Balaban J connectivity index is 0. The van der Waals surface area contributed by atoms with E-state index in [0.29, 0.717) is 11.5 Å². The molecule has 10 heavy (non-hydrogen) atoms. The van der Waals surface area contributed by atoms with Gasteiger partial charge in [-0.3, -0.25) is 0 Å². The molecule has 0 fully saturated rings. The van der Waals surface area contributed by atoms with E-state index in [-0.39, 0.29) is 12.4 Å². The molecule has 0 rings (SSSR count). The Hall–Kier alpha value is 0.240. The minimum Gasteiger partial charge on any atom is -0.229 e. The Labute approximate surface area is 69.3 Å². The van der Waals surface area contributed by atoms with Gasteiger partial charge in [0.25, 0.3) is 0 Å². The van der Waals surface area contributed by atoms with Gasteiger partial charge in [0.05, 0.1) is 0 Å². The van der Waals surface area contributed by atoms with Gasteiger partial charge < -0.3 is 0 Å². The molecule has 0 saturated carbocycles. The van der Waals surface area contributed by atoms with Gasteiger partial charge in [-0.2, -0.15) is 0 Å². The maximum Gasteiger partial charge on any atom is 0.150 e. The molecule has 0 aromatic rings. The summed E-state index contributed by atoms with van der Waals surface area (Å²) in [6.07, 6.45) is 1.48. The molecule has 0 aromatic heterocycles. The highest BCUT2D eigenvalue weighted by atomic mass is 35.5. The van der Waals surface area contributed by atoms with E-state index in [0.717, 1.165) is 12.8 Å². The molecule has 0 aliphatic heterocycles. The number of halogens is 1. The van der Waals surface area contributed by atoms with Crippen LogP contribution in [-0.4, -0.2) is 19.9 Å². The van der Waals surface area contributed by atoms with Crippen LogP contribution in [0.25, 0.3) is 0 Å². The zero-order chi connectivity index (χ0) is 7.33. The molecule has 0 aliphatic rings. The van der Waals surface area contributed by atoms with Crippen LogP contribution >= 0.6 is 12.4 Å². The molecule has 0 aromatic carbocycles. The van der Waals surface area contributed by atoms with E-state index >= 15 is 0 Å². The van der Waals surface area contributed by atoms with Crippen LogP contribution in [0.5, 0.6) is 0 Å².